The number of carbonyl (C=O) groups is 2. The summed E-state index contributed by atoms with van der Waals surface area (Å²) in [7, 11) is 0. The van der Waals surface area contributed by atoms with Crippen LogP contribution in [0.25, 0.3) is 5.69 Å². The number of ether oxygens (including phenoxy) is 1. The fourth-order valence-electron chi connectivity index (χ4n) is 4.70. The largest absolute Gasteiger partial charge is 0.373 e. The van der Waals surface area contributed by atoms with E-state index in [9.17, 15) is 9.59 Å². The Kier molecular flexibility index (Phi) is 3.16. The number of fused-ring (bicyclic) bond motifs is 5. The molecular formula is C20H20N2O3. The SMILES string of the molecule is C[C@H](c1ccc(-n2cccc2)cc1)N1C(=O)[C@@H]2[C@@H](C1=O)[C@H]1CC[C@H]2O1. The predicted molar refractivity (Wildman–Crippen MR) is 90.9 cm³/mol. The molecular weight excluding hydrogens is 316 g/mol. The molecule has 2 amide bonds. The molecule has 0 spiro atoms. The molecule has 5 heteroatoms. The molecule has 4 heterocycles. The third-order valence-corrected chi connectivity index (χ3v) is 5.98. The Balaban J connectivity index is 1.42. The van der Waals surface area contributed by atoms with E-state index in [1.54, 1.807) is 0 Å². The number of imide groups is 1. The van der Waals surface area contributed by atoms with Gasteiger partial charge in [-0.25, -0.2) is 0 Å². The molecule has 0 saturated carbocycles. The molecule has 0 radical (unpaired) electrons. The maximum atomic E-state index is 12.9. The van der Waals surface area contributed by atoms with Crippen LogP contribution < -0.4 is 0 Å². The first kappa shape index (κ1) is 14.9. The summed E-state index contributed by atoms with van der Waals surface area (Å²) in [5.41, 5.74) is 2.04. The zero-order valence-electron chi connectivity index (χ0n) is 14.0. The molecule has 3 aliphatic rings. The first-order valence-corrected chi connectivity index (χ1v) is 8.91. The highest BCUT2D eigenvalue weighted by molar-refractivity contribution is 6.06. The topological polar surface area (TPSA) is 51.5 Å². The maximum absolute atomic E-state index is 12.9. The zero-order chi connectivity index (χ0) is 17.1. The van der Waals surface area contributed by atoms with Gasteiger partial charge in [-0.1, -0.05) is 12.1 Å². The van der Waals surface area contributed by atoms with E-state index >= 15 is 0 Å². The Hall–Kier alpha value is -2.40. The van der Waals surface area contributed by atoms with Crippen LogP contribution in [0.4, 0.5) is 0 Å². The molecule has 0 N–H and O–H groups in total. The molecule has 2 aromatic rings. The number of nitrogens with zero attached hydrogens (tertiary/aromatic N) is 2. The van der Waals surface area contributed by atoms with Crippen LogP contribution in [0, 0.1) is 11.8 Å². The Morgan fingerprint density at radius 1 is 0.960 bits per heavy atom. The van der Waals surface area contributed by atoms with Gasteiger partial charge in [-0.15, -0.1) is 0 Å². The quantitative estimate of drug-likeness (QED) is 0.810. The summed E-state index contributed by atoms with van der Waals surface area (Å²) < 4.78 is 7.83. The van der Waals surface area contributed by atoms with Crippen LogP contribution in [-0.4, -0.2) is 33.5 Å². The average Bonchev–Trinajstić information content (AvgIpc) is 3.39. The summed E-state index contributed by atoms with van der Waals surface area (Å²) in [5.74, 6) is -0.617. The lowest BCUT2D eigenvalue weighted by Gasteiger charge is -2.25. The van der Waals surface area contributed by atoms with Crippen LogP contribution in [0.3, 0.4) is 0 Å². The lowest BCUT2D eigenvalue weighted by atomic mass is 9.81. The summed E-state index contributed by atoms with van der Waals surface area (Å²) in [6, 6.07) is 11.7. The first-order chi connectivity index (χ1) is 12.1. The van der Waals surface area contributed by atoms with E-state index < -0.39 is 0 Å². The third kappa shape index (κ3) is 2.05. The van der Waals surface area contributed by atoms with E-state index in [4.69, 9.17) is 4.74 Å². The van der Waals surface area contributed by atoms with E-state index in [0.717, 1.165) is 24.1 Å². The van der Waals surface area contributed by atoms with Crippen molar-refractivity contribution in [2.45, 2.75) is 38.0 Å². The van der Waals surface area contributed by atoms with E-state index in [1.807, 2.05) is 60.3 Å². The van der Waals surface area contributed by atoms with Crippen molar-refractivity contribution in [2.75, 3.05) is 0 Å². The van der Waals surface area contributed by atoms with E-state index in [2.05, 4.69) is 0 Å². The second-order valence-electron chi connectivity index (χ2n) is 7.25. The number of likely N-dealkylation sites (tertiary alicyclic amines) is 1. The van der Waals surface area contributed by atoms with Gasteiger partial charge in [0, 0.05) is 18.1 Å². The fraction of sp³-hybridized carbons (Fsp3) is 0.400. The van der Waals surface area contributed by atoms with E-state index in [-0.39, 0.29) is 41.9 Å². The van der Waals surface area contributed by atoms with Crippen molar-refractivity contribution in [3.05, 3.63) is 54.4 Å². The highest BCUT2D eigenvalue weighted by Gasteiger charge is 2.63. The molecule has 5 atom stereocenters. The zero-order valence-corrected chi connectivity index (χ0v) is 14.0. The lowest BCUT2D eigenvalue weighted by molar-refractivity contribution is -0.145. The molecule has 3 fully saturated rings. The first-order valence-electron chi connectivity index (χ1n) is 8.91. The molecule has 2 bridgehead atoms. The minimum Gasteiger partial charge on any atom is -0.373 e. The minimum absolute atomic E-state index is 0.0517. The van der Waals surface area contributed by atoms with E-state index in [0.29, 0.717) is 0 Å². The van der Waals surface area contributed by atoms with Crippen molar-refractivity contribution in [1.29, 1.82) is 0 Å². The summed E-state index contributed by atoms with van der Waals surface area (Å²) >= 11 is 0. The monoisotopic (exact) mass is 336 g/mol. The number of aromatic nitrogens is 1. The van der Waals surface area contributed by atoms with Crippen molar-refractivity contribution in [2.24, 2.45) is 11.8 Å². The van der Waals surface area contributed by atoms with Crippen LogP contribution in [0.5, 0.6) is 0 Å². The molecule has 1 aromatic heterocycles. The van der Waals surface area contributed by atoms with Crippen molar-refractivity contribution >= 4 is 11.8 Å². The molecule has 0 unspecified atom stereocenters. The Labute approximate surface area is 146 Å². The Morgan fingerprint density at radius 2 is 1.52 bits per heavy atom. The molecule has 25 heavy (non-hydrogen) atoms. The lowest BCUT2D eigenvalue weighted by Crippen LogP contribution is -2.36. The summed E-state index contributed by atoms with van der Waals surface area (Å²) in [4.78, 5) is 27.2. The molecule has 1 aromatic carbocycles. The van der Waals surface area contributed by atoms with Gasteiger partial charge < -0.3 is 9.30 Å². The van der Waals surface area contributed by atoms with Gasteiger partial charge in [-0.2, -0.15) is 0 Å². The second kappa shape index (κ2) is 5.30. The number of carbonyl (C=O) groups excluding carboxylic acids is 2. The number of benzene rings is 1. The van der Waals surface area contributed by atoms with E-state index in [1.165, 1.54) is 4.90 Å². The average molecular weight is 336 g/mol. The molecule has 0 aliphatic carbocycles. The van der Waals surface area contributed by atoms with Gasteiger partial charge in [0.25, 0.3) is 0 Å². The Morgan fingerprint density at radius 3 is 2.08 bits per heavy atom. The molecule has 3 saturated heterocycles. The van der Waals surface area contributed by atoms with Gasteiger partial charge in [0.05, 0.1) is 30.1 Å². The summed E-state index contributed by atoms with van der Waals surface area (Å²) in [5, 5.41) is 0. The van der Waals surface area contributed by atoms with Crippen LogP contribution in [-0.2, 0) is 14.3 Å². The predicted octanol–water partition coefficient (Wildman–Crippen LogP) is 2.70. The fourth-order valence-corrected chi connectivity index (χ4v) is 4.70. The summed E-state index contributed by atoms with van der Waals surface area (Å²) in [6.07, 6.45) is 5.67. The van der Waals surface area contributed by atoms with Crippen molar-refractivity contribution in [3.8, 4) is 5.69 Å². The van der Waals surface area contributed by atoms with Gasteiger partial charge in [-0.3, -0.25) is 14.5 Å². The molecule has 3 aliphatic heterocycles. The van der Waals surface area contributed by atoms with Gasteiger partial charge >= 0.3 is 0 Å². The number of hydrogen-bond acceptors (Lipinski definition) is 3. The highest BCUT2D eigenvalue weighted by Crippen LogP contribution is 2.50. The normalized spacial score (nSPS) is 31.6. The van der Waals surface area contributed by atoms with Crippen molar-refractivity contribution in [1.82, 2.24) is 9.47 Å². The van der Waals surface area contributed by atoms with Gasteiger partial charge in [0.2, 0.25) is 11.8 Å². The molecule has 5 rings (SSSR count). The Bertz CT molecular complexity index is 799. The van der Waals surface area contributed by atoms with Gasteiger partial charge in [0.1, 0.15) is 0 Å². The van der Waals surface area contributed by atoms with Crippen LogP contribution in [0.15, 0.2) is 48.8 Å². The third-order valence-electron chi connectivity index (χ3n) is 5.98. The number of hydrogen-bond donors (Lipinski definition) is 0. The maximum Gasteiger partial charge on any atom is 0.236 e. The number of amides is 2. The minimum atomic E-state index is -0.257. The standard InChI is InChI=1S/C20H20N2O3/c1-12(13-4-6-14(7-5-13)21-10-2-3-11-21)22-19(23)17-15-8-9-16(25-15)18(17)20(22)24/h2-7,10-12,15-18H,8-9H2,1H3/t12-,15-,16-,17+,18+/m1/s1. The molecule has 5 nitrogen and oxygen atoms in total. The van der Waals surface area contributed by atoms with Gasteiger partial charge in [0.15, 0.2) is 0 Å². The smallest absolute Gasteiger partial charge is 0.236 e. The van der Waals surface area contributed by atoms with Crippen LogP contribution in [0.1, 0.15) is 31.4 Å². The van der Waals surface area contributed by atoms with Crippen molar-refractivity contribution < 1.29 is 14.3 Å². The van der Waals surface area contributed by atoms with Gasteiger partial charge in [-0.05, 0) is 49.6 Å². The second-order valence-corrected chi connectivity index (χ2v) is 7.25. The van der Waals surface area contributed by atoms with Crippen LogP contribution >= 0.6 is 0 Å². The van der Waals surface area contributed by atoms with Crippen molar-refractivity contribution in [3.63, 3.8) is 0 Å². The summed E-state index contributed by atoms with van der Waals surface area (Å²) in [6.45, 7) is 1.93. The molecule has 128 valence electrons. The van der Waals surface area contributed by atoms with Crippen LogP contribution in [0.2, 0.25) is 0 Å². The highest BCUT2D eigenvalue weighted by atomic mass is 16.5. The number of rotatable bonds is 3.